The van der Waals surface area contributed by atoms with Crippen molar-refractivity contribution in [3.8, 4) is 0 Å². The van der Waals surface area contributed by atoms with Gasteiger partial charge in [0.2, 0.25) is 5.91 Å². The Labute approximate surface area is 137 Å². The van der Waals surface area contributed by atoms with E-state index >= 15 is 0 Å². The second kappa shape index (κ2) is 10.9. The van der Waals surface area contributed by atoms with Crippen molar-refractivity contribution in [3.63, 3.8) is 0 Å². The van der Waals surface area contributed by atoms with Crippen LogP contribution in [0.1, 0.15) is 32.9 Å². The molecule has 0 radical (unpaired) electrons. The lowest BCUT2D eigenvalue weighted by molar-refractivity contribution is -0.123. The number of thioether (sulfide) groups is 1. The first kappa shape index (κ1) is 20.3. The van der Waals surface area contributed by atoms with Crippen LogP contribution in [0.4, 0.5) is 0 Å². The van der Waals surface area contributed by atoms with Crippen molar-refractivity contribution in [1.82, 2.24) is 15.3 Å². The Morgan fingerprint density at radius 3 is 2.76 bits per heavy atom. The van der Waals surface area contributed by atoms with E-state index in [1.165, 1.54) is 0 Å². The topological polar surface area (TPSA) is 83.8 Å². The summed E-state index contributed by atoms with van der Waals surface area (Å²) in [6.07, 6.45) is 4.81. The molecular formula is C14H27ClN4OS. The molecule has 0 aliphatic rings. The molecule has 0 unspecified atom stereocenters. The van der Waals surface area contributed by atoms with E-state index in [2.05, 4.69) is 36.1 Å². The van der Waals surface area contributed by atoms with E-state index in [1.807, 2.05) is 11.8 Å². The van der Waals surface area contributed by atoms with Crippen LogP contribution in [0.2, 0.25) is 0 Å². The first-order valence-electron chi connectivity index (χ1n) is 7.14. The molecule has 0 aromatic carbocycles. The summed E-state index contributed by atoms with van der Waals surface area (Å²) in [6.45, 7) is 6.46. The van der Waals surface area contributed by atoms with Crippen LogP contribution in [0.25, 0.3) is 0 Å². The van der Waals surface area contributed by atoms with Crippen molar-refractivity contribution in [3.05, 3.63) is 18.2 Å². The van der Waals surface area contributed by atoms with Gasteiger partial charge in [-0.3, -0.25) is 4.79 Å². The van der Waals surface area contributed by atoms with Crippen LogP contribution in [0.15, 0.2) is 12.5 Å². The van der Waals surface area contributed by atoms with Crippen LogP contribution in [0.3, 0.4) is 0 Å². The van der Waals surface area contributed by atoms with Gasteiger partial charge in [0, 0.05) is 24.4 Å². The number of carbonyl (C=O) groups is 1. The minimum absolute atomic E-state index is 0. The molecule has 0 aliphatic carbocycles. The van der Waals surface area contributed by atoms with E-state index in [0.29, 0.717) is 12.3 Å². The minimum atomic E-state index is -0.542. The molecule has 0 saturated heterocycles. The number of aromatic nitrogens is 2. The molecule has 4 N–H and O–H groups in total. The number of rotatable bonds is 9. The maximum Gasteiger partial charge on any atom is 0.237 e. The van der Waals surface area contributed by atoms with Gasteiger partial charge in [-0.2, -0.15) is 11.8 Å². The molecule has 2 atom stereocenters. The highest BCUT2D eigenvalue weighted by Crippen LogP contribution is 2.11. The van der Waals surface area contributed by atoms with Crippen LogP contribution in [0, 0.1) is 5.92 Å². The smallest absolute Gasteiger partial charge is 0.237 e. The predicted molar refractivity (Wildman–Crippen MR) is 91.9 cm³/mol. The molecule has 1 rings (SSSR count). The minimum Gasteiger partial charge on any atom is -0.351 e. The average molecular weight is 335 g/mol. The molecule has 0 saturated carbocycles. The Morgan fingerprint density at radius 1 is 1.52 bits per heavy atom. The summed E-state index contributed by atoms with van der Waals surface area (Å²) < 4.78 is 0. The molecular weight excluding hydrogens is 308 g/mol. The van der Waals surface area contributed by atoms with E-state index in [-0.39, 0.29) is 24.4 Å². The zero-order valence-corrected chi connectivity index (χ0v) is 14.6. The van der Waals surface area contributed by atoms with Gasteiger partial charge in [-0.25, -0.2) is 4.98 Å². The van der Waals surface area contributed by atoms with Crippen molar-refractivity contribution in [2.24, 2.45) is 11.7 Å². The number of amides is 1. The van der Waals surface area contributed by atoms with E-state index < -0.39 is 6.04 Å². The van der Waals surface area contributed by atoms with Gasteiger partial charge in [-0.15, -0.1) is 12.4 Å². The molecule has 21 heavy (non-hydrogen) atoms. The maximum atomic E-state index is 12.1. The molecule has 0 aliphatic heterocycles. The Balaban J connectivity index is 0.00000400. The lowest BCUT2D eigenvalue weighted by Gasteiger charge is -2.22. The number of hydrogen-bond acceptors (Lipinski definition) is 4. The number of aromatic amines is 1. The molecule has 7 heteroatoms. The van der Waals surface area contributed by atoms with Gasteiger partial charge in [0.05, 0.1) is 18.1 Å². The quantitative estimate of drug-likeness (QED) is 0.644. The molecule has 0 bridgehead atoms. The largest absolute Gasteiger partial charge is 0.351 e. The summed E-state index contributed by atoms with van der Waals surface area (Å²) in [5, 5.41) is 3.07. The summed E-state index contributed by atoms with van der Waals surface area (Å²) in [6, 6.07) is -0.350. The standard InChI is InChI=1S/C14H26N4OS.ClH/c1-4-20-8-12(5-10(2)3)18-14(19)13(15)6-11-7-16-9-17-11;/h7,9-10,12-13H,4-6,8,15H2,1-3H3,(H,16,17)(H,18,19);1H/t12-,13-;/m0./s1. The van der Waals surface area contributed by atoms with Gasteiger partial charge in [0.25, 0.3) is 0 Å². The van der Waals surface area contributed by atoms with E-state index in [9.17, 15) is 4.79 Å². The highest BCUT2D eigenvalue weighted by atomic mass is 35.5. The zero-order valence-electron chi connectivity index (χ0n) is 13.0. The Morgan fingerprint density at radius 2 is 2.24 bits per heavy atom. The number of nitrogens with two attached hydrogens (primary N) is 1. The van der Waals surface area contributed by atoms with Crippen LogP contribution >= 0.6 is 24.2 Å². The van der Waals surface area contributed by atoms with Crippen LogP contribution in [0.5, 0.6) is 0 Å². The van der Waals surface area contributed by atoms with Crippen molar-refractivity contribution >= 4 is 30.1 Å². The van der Waals surface area contributed by atoms with Crippen molar-refractivity contribution in [2.75, 3.05) is 11.5 Å². The molecule has 5 nitrogen and oxygen atoms in total. The summed E-state index contributed by atoms with van der Waals surface area (Å²) >= 11 is 1.84. The molecule has 1 aromatic heterocycles. The third-order valence-electron chi connectivity index (χ3n) is 2.95. The van der Waals surface area contributed by atoms with Crippen LogP contribution in [-0.2, 0) is 11.2 Å². The molecule has 0 fully saturated rings. The molecule has 122 valence electrons. The normalized spacial score (nSPS) is 13.6. The lowest BCUT2D eigenvalue weighted by Crippen LogP contribution is -2.47. The third-order valence-corrected chi connectivity index (χ3v) is 3.99. The van der Waals surface area contributed by atoms with Gasteiger partial charge in [0.15, 0.2) is 0 Å². The Bertz CT molecular complexity index is 386. The number of halogens is 1. The molecule has 1 amide bonds. The second-order valence-electron chi connectivity index (χ2n) is 5.37. The number of imidazole rings is 1. The molecule has 1 heterocycles. The number of hydrogen-bond donors (Lipinski definition) is 3. The zero-order chi connectivity index (χ0) is 15.0. The summed E-state index contributed by atoms with van der Waals surface area (Å²) in [5.41, 5.74) is 6.76. The van der Waals surface area contributed by atoms with Gasteiger partial charge in [-0.05, 0) is 18.1 Å². The highest BCUT2D eigenvalue weighted by Gasteiger charge is 2.19. The fourth-order valence-electron chi connectivity index (χ4n) is 2.03. The number of nitrogens with one attached hydrogen (secondary N) is 2. The van der Waals surface area contributed by atoms with Crippen LogP contribution in [-0.4, -0.2) is 39.5 Å². The number of H-pyrrole nitrogens is 1. The fraction of sp³-hybridized carbons (Fsp3) is 0.714. The van der Waals surface area contributed by atoms with Gasteiger partial charge >= 0.3 is 0 Å². The van der Waals surface area contributed by atoms with Crippen LogP contribution < -0.4 is 11.1 Å². The number of carbonyl (C=O) groups excluding carboxylic acids is 1. The van der Waals surface area contributed by atoms with Crippen molar-refractivity contribution < 1.29 is 4.79 Å². The SMILES string of the molecule is CCSC[C@H](CC(C)C)NC(=O)[C@@H](N)Cc1c[nH]cn1.Cl. The highest BCUT2D eigenvalue weighted by molar-refractivity contribution is 7.99. The van der Waals surface area contributed by atoms with Gasteiger partial charge < -0.3 is 16.0 Å². The second-order valence-corrected chi connectivity index (χ2v) is 6.68. The monoisotopic (exact) mass is 334 g/mol. The molecule has 0 spiro atoms. The summed E-state index contributed by atoms with van der Waals surface area (Å²) in [4.78, 5) is 19.1. The van der Waals surface area contributed by atoms with Gasteiger partial charge in [0.1, 0.15) is 0 Å². The third kappa shape index (κ3) is 8.34. The predicted octanol–water partition coefficient (Wildman–Crippen LogP) is 1.99. The van der Waals surface area contributed by atoms with E-state index in [0.717, 1.165) is 23.6 Å². The maximum absolute atomic E-state index is 12.1. The summed E-state index contributed by atoms with van der Waals surface area (Å²) in [7, 11) is 0. The first-order valence-corrected chi connectivity index (χ1v) is 8.29. The Kier molecular flexibility index (Phi) is 10.6. The van der Waals surface area contributed by atoms with Crippen molar-refractivity contribution in [1.29, 1.82) is 0 Å². The van der Waals surface area contributed by atoms with Crippen molar-refractivity contribution in [2.45, 2.75) is 45.7 Å². The van der Waals surface area contributed by atoms with Gasteiger partial charge in [-0.1, -0.05) is 20.8 Å². The molecule has 1 aromatic rings. The first-order chi connectivity index (χ1) is 9.52. The fourth-order valence-corrected chi connectivity index (χ4v) is 2.77. The lowest BCUT2D eigenvalue weighted by atomic mass is 10.0. The van der Waals surface area contributed by atoms with E-state index in [1.54, 1.807) is 12.5 Å². The number of nitrogens with zero attached hydrogens (tertiary/aromatic N) is 1. The average Bonchev–Trinajstić information content (AvgIpc) is 2.87. The van der Waals surface area contributed by atoms with E-state index in [4.69, 9.17) is 5.73 Å². The Hall–Kier alpha value is -0.720. The summed E-state index contributed by atoms with van der Waals surface area (Å²) in [5.74, 6) is 2.47.